The molecule has 2 heterocycles. The van der Waals surface area contributed by atoms with Gasteiger partial charge >= 0.3 is 5.97 Å². The van der Waals surface area contributed by atoms with Crippen LogP contribution in [-0.4, -0.2) is 35.0 Å². The van der Waals surface area contributed by atoms with Crippen molar-refractivity contribution >= 4 is 11.9 Å². The molecule has 5 heteroatoms. The Hall–Kier alpha value is -1.78. The van der Waals surface area contributed by atoms with E-state index in [1.54, 1.807) is 4.90 Å². The summed E-state index contributed by atoms with van der Waals surface area (Å²) in [4.78, 5) is 24.2. The number of aliphatic carboxylic acids is 1. The van der Waals surface area contributed by atoms with Crippen LogP contribution in [-0.2, 0) is 16.0 Å². The summed E-state index contributed by atoms with van der Waals surface area (Å²) in [6.07, 6.45) is 1.41. The van der Waals surface area contributed by atoms with Crippen molar-refractivity contribution < 1.29 is 19.1 Å². The normalized spacial score (nSPS) is 20.2. The van der Waals surface area contributed by atoms with E-state index in [0.717, 1.165) is 11.5 Å². The molecule has 1 saturated heterocycles. The van der Waals surface area contributed by atoms with Gasteiger partial charge in [-0.25, -0.2) is 0 Å². The van der Waals surface area contributed by atoms with E-state index in [-0.39, 0.29) is 5.91 Å². The van der Waals surface area contributed by atoms with Crippen molar-refractivity contribution in [2.24, 2.45) is 5.92 Å². The fourth-order valence-corrected chi connectivity index (χ4v) is 2.20. The number of rotatable bonds is 4. The second-order valence-corrected chi connectivity index (χ2v) is 4.68. The minimum absolute atomic E-state index is 0.0378. The maximum atomic E-state index is 11.7. The van der Waals surface area contributed by atoms with E-state index < -0.39 is 11.9 Å². The first kappa shape index (κ1) is 12.7. The molecule has 0 aliphatic carbocycles. The molecule has 1 atom stereocenters. The predicted molar refractivity (Wildman–Crippen MR) is 64.1 cm³/mol. The van der Waals surface area contributed by atoms with Crippen molar-refractivity contribution in [3.63, 3.8) is 0 Å². The quantitative estimate of drug-likeness (QED) is 0.879. The van der Waals surface area contributed by atoms with E-state index in [9.17, 15) is 9.59 Å². The van der Waals surface area contributed by atoms with E-state index in [1.165, 1.54) is 0 Å². The highest BCUT2D eigenvalue weighted by Crippen LogP contribution is 2.18. The van der Waals surface area contributed by atoms with E-state index in [4.69, 9.17) is 9.52 Å². The van der Waals surface area contributed by atoms with Gasteiger partial charge in [0.1, 0.15) is 11.5 Å². The number of likely N-dealkylation sites (tertiary alicyclic amines) is 1. The lowest BCUT2D eigenvalue weighted by molar-refractivity contribution is -0.147. The number of aryl methyl sites for hydroxylation is 1. The molecule has 1 aliphatic heterocycles. The maximum absolute atomic E-state index is 11.7. The third-order valence-electron chi connectivity index (χ3n) is 3.27. The molecule has 18 heavy (non-hydrogen) atoms. The molecule has 0 bridgehead atoms. The second kappa shape index (κ2) is 5.25. The van der Waals surface area contributed by atoms with Gasteiger partial charge in [0.25, 0.3) is 0 Å². The molecule has 1 amide bonds. The van der Waals surface area contributed by atoms with Crippen LogP contribution in [0.1, 0.15) is 24.4 Å². The molecule has 1 aliphatic rings. The highest BCUT2D eigenvalue weighted by molar-refractivity contribution is 5.80. The Kier molecular flexibility index (Phi) is 3.69. The van der Waals surface area contributed by atoms with Gasteiger partial charge in [-0.05, 0) is 25.5 Å². The lowest BCUT2D eigenvalue weighted by Gasteiger charge is -2.30. The van der Waals surface area contributed by atoms with E-state index in [0.29, 0.717) is 32.4 Å². The Labute approximate surface area is 105 Å². The van der Waals surface area contributed by atoms with Crippen LogP contribution in [0, 0.1) is 12.8 Å². The van der Waals surface area contributed by atoms with Gasteiger partial charge in [0.15, 0.2) is 0 Å². The molecule has 1 aromatic rings. The predicted octanol–water partition coefficient (Wildman–Crippen LogP) is 1.45. The van der Waals surface area contributed by atoms with Crippen LogP contribution in [0.15, 0.2) is 16.5 Å². The van der Waals surface area contributed by atoms with Crippen molar-refractivity contribution in [2.75, 3.05) is 13.1 Å². The third kappa shape index (κ3) is 2.91. The van der Waals surface area contributed by atoms with Gasteiger partial charge < -0.3 is 14.4 Å². The van der Waals surface area contributed by atoms with Gasteiger partial charge in [-0.2, -0.15) is 0 Å². The number of carbonyl (C=O) groups is 2. The van der Waals surface area contributed by atoms with Gasteiger partial charge in [0.05, 0.1) is 5.92 Å². The number of carbonyl (C=O) groups excluding carboxylic acids is 1. The maximum Gasteiger partial charge on any atom is 0.308 e. The number of carboxylic acid groups (broad SMARTS) is 1. The number of nitrogens with zero attached hydrogens (tertiary/aromatic N) is 1. The van der Waals surface area contributed by atoms with Crippen molar-refractivity contribution in [1.82, 2.24) is 4.90 Å². The minimum Gasteiger partial charge on any atom is -0.481 e. The zero-order valence-corrected chi connectivity index (χ0v) is 10.4. The van der Waals surface area contributed by atoms with Gasteiger partial charge in [-0.3, -0.25) is 9.59 Å². The molecule has 0 radical (unpaired) electrons. The number of amides is 1. The standard InChI is InChI=1S/C13H17NO4/c1-9-2-4-11(18-9)6-7-14-8-10(13(16)17)3-5-12(14)15/h2,4,10H,3,5-8H2,1H3,(H,16,17). The summed E-state index contributed by atoms with van der Waals surface area (Å²) in [5.41, 5.74) is 0. The van der Waals surface area contributed by atoms with E-state index >= 15 is 0 Å². The molecule has 1 aromatic heterocycles. The van der Waals surface area contributed by atoms with Crippen LogP contribution in [0.5, 0.6) is 0 Å². The number of piperidine rings is 1. The lowest BCUT2D eigenvalue weighted by atomic mass is 9.97. The Morgan fingerprint density at radius 2 is 2.33 bits per heavy atom. The summed E-state index contributed by atoms with van der Waals surface area (Å²) in [5, 5.41) is 8.97. The second-order valence-electron chi connectivity index (χ2n) is 4.68. The van der Waals surface area contributed by atoms with Crippen LogP contribution in [0.25, 0.3) is 0 Å². The lowest BCUT2D eigenvalue weighted by Crippen LogP contribution is -2.43. The minimum atomic E-state index is -0.818. The number of furan rings is 1. The summed E-state index contributed by atoms with van der Waals surface area (Å²) in [7, 11) is 0. The molecular formula is C13H17NO4. The molecule has 0 saturated carbocycles. The Bertz CT molecular complexity index is 452. The molecule has 1 unspecified atom stereocenters. The fraction of sp³-hybridized carbons (Fsp3) is 0.538. The summed E-state index contributed by atoms with van der Waals surface area (Å²) in [6.45, 7) is 2.71. The summed E-state index contributed by atoms with van der Waals surface area (Å²) < 4.78 is 5.43. The summed E-state index contributed by atoms with van der Waals surface area (Å²) >= 11 is 0. The molecule has 0 spiro atoms. The van der Waals surface area contributed by atoms with E-state index in [1.807, 2.05) is 19.1 Å². The van der Waals surface area contributed by atoms with Crippen LogP contribution in [0.3, 0.4) is 0 Å². The fourth-order valence-electron chi connectivity index (χ4n) is 2.20. The number of hydrogen-bond donors (Lipinski definition) is 1. The number of carboxylic acids is 1. The van der Waals surface area contributed by atoms with Gasteiger partial charge in [-0.1, -0.05) is 0 Å². The van der Waals surface area contributed by atoms with Crippen LogP contribution < -0.4 is 0 Å². The highest BCUT2D eigenvalue weighted by atomic mass is 16.4. The SMILES string of the molecule is Cc1ccc(CCN2CC(C(=O)O)CCC2=O)o1. The van der Waals surface area contributed by atoms with Gasteiger partial charge in [0, 0.05) is 25.9 Å². The third-order valence-corrected chi connectivity index (χ3v) is 3.27. The molecule has 1 fully saturated rings. The Balaban J connectivity index is 1.90. The molecule has 0 aromatic carbocycles. The van der Waals surface area contributed by atoms with Crippen molar-refractivity contribution in [3.8, 4) is 0 Å². The topological polar surface area (TPSA) is 70.8 Å². The van der Waals surface area contributed by atoms with Crippen molar-refractivity contribution in [2.45, 2.75) is 26.2 Å². The zero-order chi connectivity index (χ0) is 13.1. The summed E-state index contributed by atoms with van der Waals surface area (Å²) in [6, 6.07) is 3.77. The molecule has 1 N–H and O–H groups in total. The number of hydrogen-bond acceptors (Lipinski definition) is 3. The largest absolute Gasteiger partial charge is 0.481 e. The first-order chi connectivity index (χ1) is 8.56. The van der Waals surface area contributed by atoms with Crippen molar-refractivity contribution in [1.29, 1.82) is 0 Å². The molecule has 2 rings (SSSR count). The highest BCUT2D eigenvalue weighted by Gasteiger charge is 2.29. The zero-order valence-electron chi connectivity index (χ0n) is 10.4. The first-order valence-electron chi connectivity index (χ1n) is 6.12. The average Bonchev–Trinajstić information content (AvgIpc) is 2.74. The van der Waals surface area contributed by atoms with Gasteiger partial charge in [0.2, 0.25) is 5.91 Å². The van der Waals surface area contributed by atoms with Crippen LogP contribution in [0.4, 0.5) is 0 Å². The first-order valence-corrected chi connectivity index (χ1v) is 6.12. The Morgan fingerprint density at radius 1 is 1.56 bits per heavy atom. The molecule has 5 nitrogen and oxygen atoms in total. The van der Waals surface area contributed by atoms with Crippen LogP contribution >= 0.6 is 0 Å². The van der Waals surface area contributed by atoms with Gasteiger partial charge in [-0.15, -0.1) is 0 Å². The summed E-state index contributed by atoms with van der Waals surface area (Å²) in [5.74, 6) is 0.467. The average molecular weight is 251 g/mol. The Morgan fingerprint density at radius 3 is 2.94 bits per heavy atom. The van der Waals surface area contributed by atoms with Crippen molar-refractivity contribution in [3.05, 3.63) is 23.7 Å². The smallest absolute Gasteiger partial charge is 0.308 e. The van der Waals surface area contributed by atoms with E-state index in [2.05, 4.69) is 0 Å². The monoisotopic (exact) mass is 251 g/mol. The molecular weight excluding hydrogens is 234 g/mol. The molecule has 98 valence electrons. The van der Waals surface area contributed by atoms with Crippen LogP contribution in [0.2, 0.25) is 0 Å².